The minimum atomic E-state index is -0.0295. The molecule has 4 heteroatoms. The molecule has 1 aliphatic rings. The Morgan fingerprint density at radius 3 is 3.15 bits per heavy atom. The Morgan fingerprint density at radius 1 is 1.85 bits per heavy atom. The summed E-state index contributed by atoms with van der Waals surface area (Å²) in [4.78, 5) is 11.5. The number of rotatable bonds is 3. The minimum Gasteiger partial charge on any atom is -0.352 e. The van der Waals surface area contributed by atoms with Crippen LogP contribution in [0.1, 0.15) is 19.8 Å². The van der Waals surface area contributed by atoms with Crippen LogP contribution in [0.4, 0.5) is 0 Å². The van der Waals surface area contributed by atoms with Crippen molar-refractivity contribution in [3.05, 3.63) is 0 Å². The van der Waals surface area contributed by atoms with Crippen molar-refractivity contribution in [1.29, 1.82) is 5.26 Å². The lowest BCUT2D eigenvalue weighted by Crippen LogP contribution is -2.37. The third kappa shape index (κ3) is 3.03. The van der Waals surface area contributed by atoms with Crippen molar-refractivity contribution in [1.82, 2.24) is 10.6 Å². The second-order valence-electron chi connectivity index (χ2n) is 3.46. The summed E-state index contributed by atoms with van der Waals surface area (Å²) in [5.74, 6) is 0.175. The number of carbonyl (C=O) groups excluding carboxylic acids is 1. The van der Waals surface area contributed by atoms with E-state index < -0.39 is 0 Å². The van der Waals surface area contributed by atoms with Crippen molar-refractivity contribution in [2.24, 2.45) is 5.92 Å². The van der Waals surface area contributed by atoms with Gasteiger partial charge < -0.3 is 10.6 Å². The SMILES string of the molecule is CC(CC#N)NC(=O)C1CCNC1. The average molecular weight is 181 g/mol. The molecule has 13 heavy (non-hydrogen) atoms. The van der Waals surface area contributed by atoms with Crippen LogP contribution >= 0.6 is 0 Å². The van der Waals surface area contributed by atoms with Crippen molar-refractivity contribution in [2.45, 2.75) is 25.8 Å². The summed E-state index contributed by atoms with van der Waals surface area (Å²) in [5.41, 5.74) is 0. The molecule has 0 spiro atoms. The monoisotopic (exact) mass is 181 g/mol. The maximum absolute atomic E-state index is 11.5. The van der Waals surface area contributed by atoms with Crippen LogP contribution in [0.25, 0.3) is 0 Å². The number of hydrogen-bond donors (Lipinski definition) is 2. The summed E-state index contributed by atoms with van der Waals surface area (Å²) in [6.07, 6.45) is 1.29. The van der Waals surface area contributed by atoms with Gasteiger partial charge in [0.15, 0.2) is 0 Å². The van der Waals surface area contributed by atoms with Crippen LogP contribution in [0.2, 0.25) is 0 Å². The van der Waals surface area contributed by atoms with E-state index in [1.165, 1.54) is 0 Å². The van der Waals surface area contributed by atoms with Gasteiger partial charge in [0.25, 0.3) is 0 Å². The summed E-state index contributed by atoms with van der Waals surface area (Å²) >= 11 is 0. The molecule has 0 bridgehead atoms. The van der Waals surface area contributed by atoms with Gasteiger partial charge in [0.1, 0.15) is 0 Å². The quantitative estimate of drug-likeness (QED) is 0.645. The van der Waals surface area contributed by atoms with Crippen molar-refractivity contribution in [3.8, 4) is 6.07 Å². The molecule has 1 heterocycles. The lowest BCUT2D eigenvalue weighted by atomic mass is 10.1. The number of amides is 1. The van der Waals surface area contributed by atoms with E-state index in [9.17, 15) is 4.79 Å². The summed E-state index contributed by atoms with van der Waals surface area (Å²) in [7, 11) is 0. The standard InChI is InChI=1S/C9H15N3O/c1-7(2-4-10)12-9(13)8-3-5-11-6-8/h7-8,11H,2-3,5-6H2,1H3,(H,12,13). The Balaban J connectivity index is 2.28. The van der Waals surface area contributed by atoms with Gasteiger partial charge in [-0.1, -0.05) is 0 Å². The number of nitrogens with zero attached hydrogens (tertiary/aromatic N) is 1. The topological polar surface area (TPSA) is 64.9 Å². The van der Waals surface area contributed by atoms with Gasteiger partial charge in [-0.25, -0.2) is 0 Å². The van der Waals surface area contributed by atoms with Gasteiger partial charge in [-0.3, -0.25) is 4.79 Å². The first-order chi connectivity index (χ1) is 6.24. The number of nitriles is 1. The van der Waals surface area contributed by atoms with Gasteiger partial charge in [0, 0.05) is 12.6 Å². The van der Waals surface area contributed by atoms with E-state index >= 15 is 0 Å². The predicted octanol–water partition coefficient (Wildman–Crippen LogP) is 0.0143. The second kappa shape index (κ2) is 4.83. The van der Waals surface area contributed by atoms with Crippen LogP contribution in [0.3, 0.4) is 0 Å². The fraction of sp³-hybridized carbons (Fsp3) is 0.778. The third-order valence-electron chi connectivity index (χ3n) is 2.22. The summed E-state index contributed by atoms with van der Waals surface area (Å²) < 4.78 is 0. The van der Waals surface area contributed by atoms with Crippen molar-refractivity contribution in [2.75, 3.05) is 13.1 Å². The van der Waals surface area contributed by atoms with E-state index in [0.29, 0.717) is 6.42 Å². The van der Waals surface area contributed by atoms with Crippen LogP contribution in [0.5, 0.6) is 0 Å². The summed E-state index contributed by atoms with van der Waals surface area (Å²) in [6.45, 7) is 3.54. The molecule has 1 amide bonds. The molecule has 1 fully saturated rings. The van der Waals surface area contributed by atoms with Crippen LogP contribution in [-0.2, 0) is 4.79 Å². The molecular formula is C9H15N3O. The highest BCUT2D eigenvalue weighted by Gasteiger charge is 2.22. The van der Waals surface area contributed by atoms with Gasteiger partial charge >= 0.3 is 0 Å². The van der Waals surface area contributed by atoms with Gasteiger partial charge in [0.2, 0.25) is 5.91 Å². The first-order valence-electron chi connectivity index (χ1n) is 4.62. The zero-order valence-electron chi connectivity index (χ0n) is 7.84. The zero-order chi connectivity index (χ0) is 9.68. The molecule has 0 aromatic rings. The molecule has 0 saturated carbocycles. The Kier molecular flexibility index (Phi) is 3.71. The highest BCUT2D eigenvalue weighted by atomic mass is 16.2. The lowest BCUT2D eigenvalue weighted by molar-refractivity contribution is -0.124. The predicted molar refractivity (Wildman–Crippen MR) is 48.8 cm³/mol. The first-order valence-corrected chi connectivity index (χ1v) is 4.62. The van der Waals surface area contributed by atoms with Gasteiger partial charge in [0.05, 0.1) is 18.4 Å². The number of carbonyl (C=O) groups is 1. The number of hydrogen-bond acceptors (Lipinski definition) is 3. The maximum Gasteiger partial charge on any atom is 0.224 e. The summed E-state index contributed by atoms with van der Waals surface area (Å²) in [6, 6.07) is 2.00. The van der Waals surface area contributed by atoms with E-state index in [1.807, 2.05) is 13.0 Å². The van der Waals surface area contributed by atoms with Crippen molar-refractivity contribution < 1.29 is 4.79 Å². The second-order valence-corrected chi connectivity index (χ2v) is 3.46. The van der Waals surface area contributed by atoms with Gasteiger partial charge in [-0.2, -0.15) is 5.26 Å². The maximum atomic E-state index is 11.5. The Hall–Kier alpha value is -1.08. The molecule has 0 radical (unpaired) electrons. The van der Waals surface area contributed by atoms with E-state index in [2.05, 4.69) is 10.6 Å². The van der Waals surface area contributed by atoms with E-state index in [0.717, 1.165) is 19.5 Å². The molecular weight excluding hydrogens is 166 g/mol. The van der Waals surface area contributed by atoms with Crippen LogP contribution in [-0.4, -0.2) is 25.0 Å². The van der Waals surface area contributed by atoms with Crippen LogP contribution < -0.4 is 10.6 Å². The molecule has 4 nitrogen and oxygen atoms in total. The Labute approximate surface area is 78.3 Å². The molecule has 1 aliphatic heterocycles. The highest BCUT2D eigenvalue weighted by molar-refractivity contribution is 5.79. The van der Waals surface area contributed by atoms with Crippen molar-refractivity contribution >= 4 is 5.91 Å². The molecule has 2 N–H and O–H groups in total. The largest absolute Gasteiger partial charge is 0.352 e. The number of nitrogens with one attached hydrogen (secondary N) is 2. The molecule has 2 unspecified atom stereocenters. The fourth-order valence-corrected chi connectivity index (χ4v) is 1.43. The molecule has 0 aliphatic carbocycles. The van der Waals surface area contributed by atoms with E-state index in [1.54, 1.807) is 0 Å². The lowest BCUT2D eigenvalue weighted by Gasteiger charge is -2.13. The van der Waals surface area contributed by atoms with Crippen molar-refractivity contribution in [3.63, 3.8) is 0 Å². The van der Waals surface area contributed by atoms with Crippen LogP contribution in [0, 0.1) is 17.2 Å². The fourth-order valence-electron chi connectivity index (χ4n) is 1.43. The normalized spacial score (nSPS) is 23.5. The molecule has 72 valence electrons. The highest BCUT2D eigenvalue weighted by Crippen LogP contribution is 2.07. The molecule has 2 atom stereocenters. The molecule has 0 aromatic heterocycles. The Bertz CT molecular complexity index is 215. The molecule has 1 rings (SSSR count). The van der Waals surface area contributed by atoms with E-state index in [-0.39, 0.29) is 17.9 Å². The average Bonchev–Trinajstić information content (AvgIpc) is 2.55. The third-order valence-corrected chi connectivity index (χ3v) is 2.22. The summed E-state index contributed by atoms with van der Waals surface area (Å²) in [5, 5.41) is 14.4. The molecule has 1 saturated heterocycles. The van der Waals surface area contributed by atoms with Gasteiger partial charge in [-0.05, 0) is 19.9 Å². The minimum absolute atomic E-state index is 0.0295. The Morgan fingerprint density at radius 2 is 2.62 bits per heavy atom. The first kappa shape index (κ1) is 10.0. The zero-order valence-corrected chi connectivity index (χ0v) is 7.84. The van der Waals surface area contributed by atoms with E-state index in [4.69, 9.17) is 5.26 Å². The molecule has 0 aromatic carbocycles. The smallest absolute Gasteiger partial charge is 0.224 e. The van der Waals surface area contributed by atoms with Gasteiger partial charge in [-0.15, -0.1) is 0 Å². The van der Waals surface area contributed by atoms with Crippen LogP contribution in [0.15, 0.2) is 0 Å².